The molecule has 146 valence electrons. The van der Waals surface area contributed by atoms with Crippen molar-refractivity contribution in [3.8, 4) is 0 Å². The Balaban J connectivity index is 0.00000261. The van der Waals surface area contributed by atoms with Crippen molar-refractivity contribution in [2.24, 2.45) is 12.0 Å². The second kappa shape index (κ2) is 9.52. The summed E-state index contributed by atoms with van der Waals surface area (Å²) >= 11 is 1.58. The van der Waals surface area contributed by atoms with E-state index < -0.39 is 5.60 Å². The lowest BCUT2D eigenvalue weighted by atomic mass is 9.99. The topological polar surface area (TPSA) is 74.5 Å². The molecule has 2 heterocycles. The van der Waals surface area contributed by atoms with Crippen LogP contribution in [0, 0.1) is 0 Å². The number of aliphatic imine (C=N–C) groups is 1. The summed E-state index contributed by atoms with van der Waals surface area (Å²) in [5.41, 5.74) is 2.02. The van der Waals surface area contributed by atoms with Crippen molar-refractivity contribution in [3.63, 3.8) is 0 Å². The van der Waals surface area contributed by atoms with Crippen molar-refractivity contribution < 1.29 is 5.11 Å². The summed E-state index contributed by atoms with van der Waals surface area (Å²) in [6, 6.07) is 9.99. The molecule has 0 fully saturated rings. The van der Waals surface area contributed by atoms with Crippen molar-refractivity contribution in [3.05, 3.63) is 52.5 Å². The predicted molar refractivity (Wildman–Crippen MR) is 123 cm³/mol. The average molecular weight is 499 g/mol. The maximum absolute atomic E-state index is 10.7. The first kappa shape index (κ1) is 21.6. The minimum atomic E-state index is -0.950. The van der Waals surface area contributed by atoms with Gasteiger partial charge in [-0.3, -0.25) is 0 Å². The van der Waals surface area contributed by atoms with Crippen molar-refractivity contribution in [1.82, 2.24) is 20.2 Å². The summed E-state index contributed by atoms with van der Waals surface area (Å²) in [7, 11) is 2.00. The van der Waals surface area contributed by atoms with Gasteiger partial charge in [0.1, 0.15) is 18.0 Å². The summed E-state index contributed by atoms with van der Waals surface area (Å²) in [6.45, 7) is 5.40. The molecule has 1 aromatic carbocycles. The van der Waals surface area contributed by atoms with Crippen LogP contribution in [0.3, 0.4) is 0 Å². The second-order valence-electron chi connectivity index (χ2n) is 6.41. The van der Waals surface area contributed by atoms with Gasteiger partial charge in [0.15, 0.2) is 5.96 Å². The zero-order valence-corrected chi connectivity index (χ0v) is 18.9. The number of aliphatic hydroxyl groups is 1. The predicted octanol–water partition coefficient (Wildman–Crippen LogP) is 3.22. The molecule has 3 rings (SSSR count). The van der Waals surface area contributed by atoms with Gasteiger partial charge in [0.25, 0.3) is 0 Å². The van der Waals surface area contributed by atoms with Gasteiger partial charge in [-0.15, -0.1) is 24.0 Å². The van der Waals surface area contributed by atoms with E-state index >= 15 is 0 Å². The fourth-order valence-corrected chi connectivity index (χ4v) is 3.54. The van der Waals surface area contributed by atoms with Gasteiger partial charge in [0.2, 0.25) is 0 Å². The van der Waals surface area contributed by atoms with Gasteiger partial charge in [0.05, 0.1) is 17.6 Å². The standard InChI is InChI=1S/C19H25N5OS.HI/c1-4-20-18(22-13-19(2,25)14-9-10-26-12-14)21-11-17-23-15-7-5-6-8-16(15)24(17)3;/h5-10,12,25H,4,11,13H2,1-3H3,(H2,20,21,22);1H. The SMILES string of the molecule is CCNC(=NCc1nc2ccccc2n1C)NCC(C)(O)c1ccsc1.I. The van der Waals surface area contributed by atoms with E-state index in [1.54, 1.807) is 18.3 Å². The number of hydrogen-bond donors (Lipinski definition) is 3. The van der Waals surface area contributed by atoms with Gasteiger partial charge < -0.3 is 20.3 Å². The van der Waals surface area contributed by atoms with E-state index in [9.17, 15) is 5.11 Å². The van der Waals surface area contributed by atoms with Gasteiger partial charge >= 0.3 is 0 Å². The number of rotatable bonds is 6. The Kier molecular flexibility index (Phi) is 7.63. The van der Waals surface area contributed by atoms with E-state index in [2.05, 4.69) is 31.2 Å². The lowest BCUT2D eigenvalue weighted by Gasteiger charge is -2.24. The molecule has 1 unspecified atom stereocenters. The number of aryl methyl sites for hydroxylation is 1. The highest BCUT2D eigenvalue weighted by molar-refractivity contribution is 14.0. The quantitative estimate of drug-likeness (QED) is 0.277. The maximum atomic E-state index is 10.7. The number of fused-ring (bicyclic) bond motifs is 1. The van der Waals surface area contributed by atoms with E-state index in [1.165, 1.54) is 0 Å². The van der Waals surface area contributed by atoms with Gasteiger partial charge in [-0.25, -0.2) is 9.98 Å². The lowest BCUT2D eigenvalue weighted by Crippen LogP contribution is -2.44. The van der Waals surface area contributed by atoms with E-state index in [0.29, 0.717) is 19.0 Å². The number of halogens is 1. The number of thiophene rings is 1. The molecule has 0 aliphatic heterocycles. The molecule has 1 atom stereocenters. The molecule has 0 spiro atoms. The average Bonchev–Trinajstić information content (AvgIpc) is 3.27. The summed E-state index contributed by atoms with van der Waals surface area (Å²) in [5.74, 6) is 1.56. The Morgan fingerprint density at radius 2 is 2.07 bits per heavy atom. The molecule has 0 amide bonds. The summed E-state index contributed by atoms with van der Waals surface area (Å²) in [5, 5.41) is 21.0. The van der Waals surface area contributed by atoms with Crippen LogP contribution in [0.4, 0.5) is 0 Å². The molecule has 0 radical (unpaired) electrons. The molecule has 0 saturated heterocycles. The third-order valence-electron chi connectivity index (χ3n) is 4.35. The molecule has 27 heavy (non-hydrogen) atoms. The maximum Gasteiger partial charge on any atom is 0.191 e. The van der Waals surface area contributed by atoms with Gasteiger partial charge in [-0.2, -0.15) is 11.3 Å². The molecular formula is C19H26IN5OS. The van der Waals surface area contributed by atoms with Crippen LogP contribution in [0.1, 0.15) is 25.2 Å². The van der Waals surface area contributed by atoms with Gasteiger partial charge in [-0.1, -0.05) is 12.1 Å². The second-order valence-corrected chi connectivity index (χ2v) is 7.19. The van der Waals surface area contributed by atoms with Crippen LogP contribution >= 0.6 is 35.3 Å². The smallest absolute Gasteiger partial charge is 0.191 e. The molecule has 3 aromatic rings. The first-order valence-corrected chi connectivity index (χ1v) is 9.63. The number of para-hydroxylation sites is 2. The molecule has 3 N–H and O–H groups in total. The number of aromatic nitrogens is 2. The Morgan fingerprint density at radius 3 is 2.74 bits per heavy atom. The van der Waals surface area contributed by atoms with Crippen molar-refractivity contribution in [2.75, 3.05) is 13.1 Å². The van der Waals surface area contributed by atoms with Gasteiger partial charge in [-0.05, 0) is 48.4 Å². The van der Waals surface area contributed by atoms with Crippen LogP contribution in [-0.4, -0.2) is 33.7 Å². The minimum absolute atomic E-state index is 0. The lowest BCUT2D eigenvalue weighted by molar-refractivity contribution is 0.0621. The molecule has 6 nitrogen and oxygen atoms in total. The number of guanidine groups is 1. The Hall–Kier alpha value is -1.65. The Labute approximate surface area is 180 Å². The largest absolute Gasteiger partial charge is 0.384 e. The van der Waals surface area contributed by atoms with Crippen LogP contribution < -0.4 is 10.6 Å². The monoisotopic (exact) mass is 499 g/mol. The van der Waals surface area contributed by atoms with Crippen LogP contribution in [0.2, 0.25) is 0 Å². The zero-order valence-electron chi connectivity index (χ0n) is 15.8. The van der Waals surface area contributed by atoms with Gasteiger partial charge in [0, 0.05) is 13.6 Å². The van der Waals surface area contributed by atoms with Crippen LogP contribution in [0.5, 0.6) is 0 Å². The third kappa shape index (κ3) is 5.20. The number of hydrogen-bond acceptors (Lipinski definition) is 4. The summed E-state index contributed by atoms with van der Waals surface area (Å²) < 4.78 is 2.06. The minimum Gasteiger partial charge on any atom is -0.384 e. The van der Waals surface area contributed by atoms with Crippen molar-refractivity contribution >= 4 is 52.3 Å². The number of nitrogens with one attached hydrogen (secondary N) is 2. The molecule has 0 aliphatic carbocycles. The summed E-state index contributed by atoms with van der Waals surface area (Å²) in [4.78, 5) is 9.27. The molecular weight excluding hydrogens is 473 g/mol. The van der Waals surface area contributed by atoms with Crippen LogP contribution in [0.25, 0.3) is 11.0 Å². The molecule has 2 aromatic heterocycles. The van der Waals surface area contributed by atoms with E-state index in [1.807, 2.05) is 49.0 Å². The molecule has 0 saturated carbocycles. The zero-order chi connectivity index (χ0) is 18.6. The Bertz CT molecular complexity index is 889. The summed E-state index contributed by atoms with van der Waals surface area (Å²) in [6.07, 6.45) is 0. The fourth-order valence-electron chi connectivity index (χ4n) is 2.76. The first-order valence-electron chi connectivity index (χ1n) is 8.69. The van der Waals surface area contributed by atoms with Crippen molar-refractivity contribution in [2.45, 2.75) is 26.0 Å². The normalized spacial score (nSPS) is 13.9. The number of nitrogens with zero attached hydrogens (tertiary/aromatic N) is 3. The van der Waals surface area contributed by atoms with Crippen molar-refractivity contribution in [1.29, 1.82) is 0 Å². The Morgan fingerprint density at radius 1 is 1.30 bits per heavy atom. The first-order chi connectivity index (χ1) is 12.5. The highest BCUT2D eigenvalue weighted by Gasteiger charge is 2.23. The highest BCUT2D eigenvalue weighted by atomic mass is 127. The number of imidazole rings is 1. The van der Waals surface area contributed by atoms with E-state index in [-0.39, 0.29) is 24.0 Å². The molecule has 0 aliphatic rings. The van der Waals surface area contributed by atoms with Crippen LogP contribution in [0.15, 0.2) is 46.1 Å². The van der Waals surface area contributed by atoms with Crippen LogP contribution in [-0.2, 0) is 19.2 Å². The highest BCUT2D eigenvalue weighted by Crippen LogP contribution is 2.22. The molecule has 0 bridgehead atoms. The fraction of sp³-hybridized carbons (Fsp3) is 0.368. The third-order valence-corrected chi connectivity index (χ3v) is 5.03. The van der Waals surface area contributed by atoms with E-state index in [4.69, 9.17) is 0 Å². The number of benzene rings is 1. The van der Waals surface area contributed by atoms with E-state index in [0.717, 1.165) is 29.0 Å². The molecule has 8 heteroatoms.